The van der Waals surface area contributed by atoms with Crippen molar-refractivity contribution in [2.45, 2.75) is 17.4 Å². The fraction of sp³-hybridized carbons (Fsp3) is 0.217. The third kappa shape index (κ3) is 8.09. The fourth-order valence-corrected chi connectivity index (χ4v) is 5.10. The second-order valence-electron chi connectivity index (χ2n) is 6.07. The molecule has 0 radical (unpaired) electrons. The summed E-state index contributed by atoms with van der Waals surface area (Å²) in [6.07, 6.45) is 4.57. The van der Waals surface area contributed by atoms with E-state index in [0.29, 0.717) is 6.04 Å². The molecule has 3 heteroatoms. The van der Waals surface area contributed by atoms with Crippen LogP contribution in [0.3, 0.4) is 0 Å². The minimum Gasteiger partial charge on any atom is -0.214 e. The van der Waals surface area contributed by atoms with Gasteiger partial charge in [0.15, 0.2) is 0 Å². The first-order valence-corrected chi connectivity index (χ1v) is 11.4. The van der Waals surface area contributed by atoms with Gasteiger partial charge in [0.25, 0.3) is 0 Å². The van der Waals surface area contributed by atoms with Gasteiger partial charge in [0, 0.05) is 0 Å². The predicted octanol–water partition coefficient (Wildman–Crippen LogP) is 4.89. The van der Waals surface area contributed by atoms with Crippen molar-refractivity contribution in [3.8, 4) is 0 Å². The molecule has 3 aromatic rings. The van der Waals surface area contributed by atoms with Crippen molar-refractivity contribution in [2.24, 2.45) is 0 Å². The topological polar surface area (TPSA) is 3.24 Å². The molecule has 26 heavy (non-hydrogen) atoms. The van der Waals surface area contributed by atoms with E-state index in [0.717, 1.165) is 0 Å². The average molecular weight is 501 g/mol. The zero-order chi connectivity index (χ0) is 17.9. The number of rotatable bonds is 6. The van der Waals surface area contributed by atoms with Crippen LogP contribution in [-0.2, 0) is 17.1 Å². The van der Waals surface area contributed by atoms with Crippen LogP contribution in [0.25, 0.3) is 6.08 Å². The molecule has 3 rings (SSSR count). The van der Waals surface area contributed by atoms with Gasteiger partial charge >= 0.3 is 150 Å². The Labute approximate surface area is 179 Å². The van der Waals surface area contributed by atoms with Gasteiger partial charge in [0.1, 0.15) is 0 Å². The van der Waals surface area contributed by atoms with Gasteiger partial charge in [-0.2, -0.15) is 18.2 Å². The van der Waals surface area contributed by atoms with E-state index in [1.54, 1.807) is 3.61 Å². The molecule has 0 fully saturated rings. The summed E-state index contributed by atoms with van der Waals surface area (Å²) in [5.74, 6) is 0. The normalized spacial score (nSPS) is 11.7. The largest absolute Gasteiger partial charge is 2.00 e. The molecule has 1 unspecified atom stereocenters. The van der Waals surface area contributed by atoms with E-state index in [4.69, 9.17) is 0 Å². The van der Waals surface area contributed by atoms with E-state index in [1.165, 1.54) is 15.6 Å². The first-order chi connectivity index (χ1) is 12.2. The quantitative estimate of drug-likeness (QED) is 0.344. The zero-order valence-electron chi connectivity index (χ0n) is 15.7. The van der Waals surface area contributed by atoms with Crippen molar-refractivity contribution in [3.63, 3.8) is 0 Å². The van der Waals surface area contributed by atoms with Gasteiger partial charge in [-0.15, -0.1) is 0 Å². The molecule has 0 amide bonds. The predicted molar refractivity (Wildman–Crippen MR) is 112 cm³/mol. The van der Waals surface area contributed by atoms with E-state index in [-0.39, 0.29) is 38.0 Å². The molecular weight excluding hydrogens is 474 g/mol. The summed E-state index contributed by atoms with van der Waals surface area (Å²) in [6, 6.07) is 27.9. The van der Waals surface area contributed by atoms with E-state index in [1.807, 2.05) is 30.3 Å². The molecule has 0 saturated carbocycles. The molecule has 0 bridgehead atoms. The average Bonchev–Trinajstić information content (AvgIpc) is 3.33. The van der Waals surface area contributed by atoms with E-state index in [9.17, 15) is 0 Å². The van der Waals surface area contributed by atoms with E-state index in [2.05, 4.69) is 86.6 Å². The first kappa shape index (κ1) is 23.0. The summed E-state index contributed by atoms with van der Waals surface area (Å²) < 4.78 is 2.83. The van der Waals surface area contributed by atoms with Gasteiger partial charge < -0.3 is 0 Å². The minimum atomic E-state index is -0.118. The van der Waals surface area contributed by atoms with Crippen molar-refractivity contribution >= 4 is 30.6 Å². The summed E-state index contributed by atoms with van der Waals surface area (Å²) in [5.41, 5.74) is 2.81. The van der Waals surface area contributed by atoms with Crippen LogP contribution < -0.4 is 3.61 Å². The van der Waals surface area contributed by atoms with Crippen LogP contribution in [0.1, 0.15) is 24.1 Å². The Hall–Kier alpha value is -1.07. The molecular formula is C23H27FeNTe. The minimum absolute atomic E-state index is 0. The standard InChI is InChI=1S/C18H22NTe.C5H5.Fe/c1-15(19(2)3)17-12-7-13-18(17)20-14-8-11-16-9-5-4-6-10-16;1-2-4-5-3-1;/h4-13,15H,14H2,1-3H3;1-5H;/q2*-1;+2/b11-8+;;. The van der Waals surface area contributed by atoms with Crippen LogP contribution in [0.5, 0.6) is 0 Å². The number of benzene rings is 1. The molecule has 0 N–H and O–H groups in total. The fourth-order valence-electron chi connectivity index (χ4n) is 2.38. The zero-order valence-corrected chi connectivity index (χ0v) is 19.1. The number of hydrogen-bond acceptors (Lipinski definition) is 1. The van der Waals surface area contributed by atoms with E-state index >= 15 is 0 Å². The Morgan fingerprint density at radius 3 is 2.31 bits per heavy atom. The van der Waals surface area contributed by atoms with Crippen LogP contribution in [0.15, 0.2) is 84.9 Å². The second-order valence-corrected chi connectivity index (χ2v) is 9.10. The smallest absolute Gasteiger partial charge is 0.214 e. The summed E-state index contributed by atoms with van der Waals surface area (Å²) in [7, 11) is 4.30. The molecule has 3 aromatic carbocycles. The summed E-state index contributed by atoms with van der Waals surface area (Å²) in [5, 5.41) is 0. The maximum Gasteiger partial charge on any atom is 2.00 e. The maximum atomic E-state index is 2.33. The molecule has 138 valence electrons. The molecule has 0 spiro atoms. The van der Waals surface area contributed by atoms with Crippen molar-refractivity contribution in [1.29, 1.82) is 0 Å². The Balaban J connectivity index is 0.000000486. The SMILES string of the molecule is CC([c-]1cccc1[Te]C/C=C/c1ccccc1)N(C)C.[Fe+2].c1cc[cH-]c1. The molecule has 0 aromatic heterocycles. The van der Waals surface area contributed by atoms with Gasteiger partial charge in [0.05, 0.1) is 0 Å². The van der Waals surface area contributed by atoms with Gasteiger partial charge in [-0.05, 0) is 0 Å². The molecule has 0 saturated heterocycles. The summed E-state index contributed by atoms with van der Waals surface area (Å²) in [6.45, 7) is 2.28. The molecule has 0 aliphatic carbocycles. The Bertz CT molecular complexity index is 697. The third-order valence-electron chi connectivity index (χ3n) is 4.03. The molecule has 1 nitrogen and oxygen atoms in total. The number of hydrogen-bond donors (Lipinski definition) is 0. The maximum absolute atomic E-state index is 2.33. The summed E-state index contributed by atoms with van der Waals surface area (Å²) >= 11 is -0.118. The Morgan fingerprint density at radius 2 is 1.73 bits per heavy atom. The van der Waals surface area contributed by atoms with Crippen molar-refractivity contribution < 1.29 is 17.1 Å². The van der Waals surface area contributed by atoms with Crippen molar-refractivity contribution in [3.05, 3.63) is 96.1 Å². The third-order valence-corrected chi connectivity index (χ3v) is 7.01. The summed E-state index contributed by atoms with van der Waals surface area (Å²) in [4.78, 5) is 2.28. The molecule has 0 heterocycles. The Morgan fingerprint density at radius 1 is 1.04 bits per heavy atom. The molecule has 1 atom stereocenters. The van der Waals surface area contributed by atoms with Gasteiger partial charge in [-0.25, -0.2) is 12.1 Å². The van der Waals surface area contributed by atoms with Crippen molar-refractivity contribution in [2.75, 3.05) is 14.1 Å². The van der Waals surface area contributed by atoms with Crippen LogP contribution in [-0.4, -0.2) is 39.9 Å². The van der Waals surface area contributed by atoms with E-state index < -0.39 is 0 Å². The van der Waals surface area contributed by atoms with Crippen LogP contribution in [0.4, 0.5) is 0 Å². The van der Waals surface area contributed by atoms with Gasteiger partial charge in [0.2, 0.25) is 0 Å². The van der Waals surface area contributed by atoms with Gasteiger partial charge in [-0.3, -0.25) is 0 Å². The van der Waals surface area contributed by atoms with Gasteiger partial charge in [-0.1, -0.05) is 0 Å². The second kappa shape index (κ2) is 13.2. The van der Waals surface area contributed by atoms with Crippen molar-refractivity contribution in [1.82, 2.24) is 4.90 Å². The molecule has 0 aliphatic rings. The van der Waals surface area contributed by atoms with Crippen LogP contribution in [0.2, 0.25) is 4.47 Å². The monoisotopic (exact) mass is 503 g/mol. The van der Waals surface area contributed by atoms with Crippen LogP contribution in [0, 0.1) is 0 Å². The number of nitrogens with zero attached hydrogens (tertiary/aromatic N) is 1. The van der Waals surface area contributed by atoms with Crippen LogP contribution >= 0.6 is 0 Å². The molecule has 0 aliphatic heterocycles. The Kier molecular flexibility index (Phi) is 11.6. The first-order valence-electron chi connectivity index (χ1n) is 8.61. The number of allylic oxidation sites excluding steroid dienone is 1.